The van der Waals surface area contributed by atoms with E-state index in [-0.39, 0.29) is 43.5 Å². The molecular formula is C42H47IrN2O2S-. The molecule has 3 heterocycles. The fourth-order valence-corrected chi connectivity index (χ4v) is 7.77. The van der Waals surface area contributed by atoms with Crippen molar-refractivity contribution in [3.05, 3.63) is 103 Å². The molecule has 0 fully saturated rings. The van der Waals surface area contributed by atoms with Gasteiger partial charge in [-0.2, -0.15) is 11.3 Å². The van der Waals surface area contributed by atoms with E-state index in [9.17, 15) is 9.90 Å². The van der Waals surface area contributed by atoms with Crippen LogP contribution >= 0.6 is 11.3 Å². The minimum absolute atomic E-state index is 0. The molecule has 4 nitrogen and oxygen atoms in total. The number of aromatic nitrogens is 2. The number of hydrogen-bond acceptors (Lipinski definition) is 4. The number of benzene rings is 3. The van der Waals surface area contributed by atoms with Crippen LogP contribution in [0.2, 0.25) is 0 Å². The number of carbonyl (C=O) groups excluding carboxylic acids is 1. The van der Waals surface area contributed by atoms with Gasteiger partial charge in [-0.3, -0.25) is 4.79 Å². The second kappa shape index (κ2) is 16.7. The van der Waals surface area contributed by atoms with Crippen molar-refractivity contribution in [3.63, 3.8) is 0 Å². The van der Waals surface area contributed by atoms with Crippen molar-refractivity contribution in [1.29, 1.82) is 0 Å². The largest absolute Gasteiger partial charge is 0.512 e. The predicted octanol–water partition coefficient (Wildman–Crippen LogP) is 11.2. The predicted molar refractivity (Wildman–Crippen MR) is 200 cm³/mol. The van der Waals surface area contributed by atoms with Gasteiger partial charge in [-0.05, 0) is 82.6 Å². The Labute approximate surface area is 303 Å². The van der Waals surface area contributed by atoms with E-state index in [1.54, 1.807) is 11.3 Å². The van der Waals surface area contributed by atoms with Gasteiger partial charge < -0.3 is 9.67 Å². The van der Waals surface area contributed by atoms with Crippen LogP contribution < -0.4 is 4.57 Å². The maximum atomic E-state index is 11.7. The first-order chi connectivity index (χ1) is 22.7. The molecule has 0 spiro atoms. The van der Waals surface area contributed by atoms with Crippen LogP contribution in [0.1, 0.15) is 72.8 Å². The molecule has 6 aromatic rings. The van der Waals surface area contributed by atoms with Crippen molar-refractivity contribution >= 4 is 59.1 Å². The van der Waals surface area contributed by atoms with E-state index in [1.165, 1.54) is 43.3 Å². The Hall–Kier alpha value is -3.57. The van der Waals surface area contributed by atoms with Crippen molar-refractivity contribution in [2.24, 2.45) is 17.8 Å². The molecule has 1 radical (unpaired) electrons. The Morgan fingerprint density at radius 1 is 0.938 bits per heavy atom. The van der Waals surface area contributed by atoms with Gasteiger partial charge in [-0.15, -0.1) is 18.2 Å². The second-order valence-electron chi connectivity index (χ2n) is 12.8. The number of aliphatic hydroxyl groups is 1. The van der Waals surface area contributed by atoms with Crippen LogP contribution in [0.25, 0.3) is 53.2 Å². The van der Waals surface area contributed by atoms with Crippen LogP contribution in [-0.2, 0) is 31.3 Å². The van der Waals surface area contributed by atoms with Gasteiger partial charge in [-0.1, -0.05) is 88.9 Å². The van der Waals surface area contributed by atoms with Gasteiger partial charge in [0, 0.05) is 56.6 Å². The summed E-state index contributed by atoms with van der Waals surface area (Å²) in [5.74, 6) is 1.10. The third kappa shape index (κ3) is 7.67. The molecule has 0 bridgehead atoms. The standard InChI is InChI=1S/C29H23N2S.C13H24O2.Ir/c1-18(2)16-20-17-26(31(3)25-14-13-19-8-4-5-9-21(19)27(20)25)24-11-6-10-22-23-12-7-15-30-29(23)32-28(22)24;1-5-10(6-2)12(14)9-13(15)11(7-3)8-4;/h4-10,12-15,17-18H,3,16H2,1-2H3;9-11,14H,5-8H2,1-4H3;/q-1;;/b;12-9-;. The average Bonchev–Trinajstić information content (AvgIpc) is 3.46. The fourth-order valence-electron chi connectivity index (χ4n) is 6.62. The Kier molecular flexibility index (Phi) is 13.0. The summed E-state index contributed by atoms with van der Waals surface area (Å²) in [6.45, 7) is 12.6. The molecule has 48 heavy (non-hydrogen) atoms. The van der Waals surface area contributed by atoms with Crippen LogP contribution in [0, 0.1) is 30.9 Å². The number of pyridine rings is 2. The van der Waals surface area contributed by atoms with Gasteiger partial charge in [0.1, 0.15) is 16.0 Å². The maximum absolute atomic E-state index is 11.7. The zero-order valence-corrected chi connectivity index (χ0v) is 32.2. The molecular weight excluding hydrogens is 789 g/mol. The van der Waals surface area contributed by atoms with E-state index in [0.717, 1.165) is 53.7 Å². The number of allylic oxidation sites excluding steroid dienone is 2. The van der Waals surface area contributed by atoms with Crippen LogP contribution in [0.4, 0.5) is 0 Å². The van der Waals surface area contributed by atoms with E-state index in [4.69, 9.17) is 0 Å². The molecule has 253 valence electrons. The van der Waals surface area contributed by atoms with Gasteiger partial charge in [-0.25, -0.2) is 4.98 Å². The number of thiophene rings is 1. The molecule has 0 unspecified atom stereocenters. The summed E-state index contributed by atoms with van der Waals surface area (Å²) >= 11 is 1.74. The third-order valence-electron chi connectivity index (χ3n) is 9.30. The van der Waals surface area contributed by atoms with Crippen molar-refractivity contribution in [3.8, 4) is 11.3 Å². The number of hydrogen-bond donors (Lipinski definition) is 1. The number of aliphatic hydroxyl groups excluding tert-OH is 1. The Bertz CT molecular complexity index is 2050. The average molecular weight is 836 g/mol. The quantitative estimate of drug-likeness (QED) is 0.0492. The van der Waals surface area contributed by atoms with Crippen LogP contribution in [0.5, 0.6) is 0 Å². The molecule has 6 heteroatoms. The molecule has 3 aromatic heterocycles. The molecule has 0 saturated carbocycles. The van der Waals surface area contributed by atoms with Gasteiger partial charge in [0.2, 0.25) is 0 Å². The van der Waals surface area contributed by atoms with Gasteiger partial charge in [0.15, 0.2) is 5.78 Å². The Balaban J connectivity index is 0.000000279. The summed E-state index contributed by atoms with van der Waals surface area (Å²) in [7, 11) is 4.50. The zero-order chi connectivity index (χ0) is 33.7. The molecule has 1 N–H and O–H groups in total. The van der Waals surface area contributed by atoms with Gasteiger partial charge in [0.25, 0.3) is 0 Å². The number of fused-ring (bicyclic) bond motifs is 6. The van der Waals surface area contributed by atoms with Crippen molar-refractivity contribution in [1.82, 2.24) is 4.98 Å². The van der Waals surface area contributed by atoms with E-state index < -0.39 is 0 Å². The summed E-state index contributed by atoms with van der Waals surface area (Å²) in [5.41, 5.74) is 4.72. The summed E-state index contributed by atoms with van der Waals surface area (Å²) in [5, 5.41) is 16.1. The Morgan fingerprint density at radius 3 is 2.31 bits per heavy atom. The number of carbonyl (C=O) groups is 1. The maximum Gasteiger partial charge on any atom is 0.162 e. The van der Waals surface area contributed by atoms with Crippen LogP contribution in [-0.4, -0.2) is 15.9 Å². The Morgan fingerprint density at radius 2 is 1.62 bits per heavy atom. The normalized spacial score (nSPS) is 11.9. The topological polar surface area (TPSA) is 54.1 Å². The summed E-state index contributed by atoms with van der Waals surface area (Å²) in [6.07, 6.45) is 7.79. The molecule has 0 atom stereocenters. The van der Waals surface area contributed by atoms with Crippen LogP contribution in [0.15, 0.2) is 84.8 Å². The molecule has 6 rings (SSSR count). The fraction of sp³-hybridized carbons (Fsp3) is 0.333. The summed E-state index contributed by atoms with van der Waals surface area (Å²) in [4.78, 5) is 17.4. The van der Waals surface area contributed by atoms with E-state index in [0.29, 0.717) is 5.92 Å². The summed E-state index contributed by atoms with van der Waals surface area (Å²) < 4.78 is 3.31. The molecule has 3 aromatic carbocycles. The van der Waals surface area contributed by atoms with Gasteiger partial charge >= 0.3 is 0 Å². The van der Waals surface area contributed by atoms with Crippen molar-refractivity contribution in [2.45, 2.75) is 73.6 Å². The monoisotopic (exact) mass is 836 g/mol. The molecule has 0 saturated heterocycles. The molecule has 0 aliphatic carbocycles. The van der Waals surface area contributed by atoms with Crippen LogP contribution in [0.3, 0.4) is 0 Å². The molecule has 0 aliphatic rings. The minimum atomic E-state index is 0. The number of ketones is 1. The minimum Gasteiger partial charge on any atom is -0.512 e. The molecule has 0 amide bonds. The van der Waals surface area contributed by atoms with Crippen molar-refractivity contribution in [2.75, 3.05) is 0 Å². The third-order valence-corrected chi connectivity index (χ3v) is 10.4. The first-order valence-corrected chi connectivity index (χ1v) is 17.9. The SMILES string of the molecule is CCC(CC)C(=O)/C=C(\O)C(CC)CC.[CH2-][n+]1c(-c2[c-]ccc3c2sc2ncccc23)cc(CC(C)C)c2c3ccccc3ccc21.[Ir]. The zero-order valence-electron chi connectivity index (χ0n) is 29.0. The first-order valence-electron chi connectivity index (χ1n) is 17.0. The van der Waals surface area contributed by atoms with Gasteiger partial charge in [0.05, 0.1) is 5.76 Å². The van der Waals surface area contributed by atoms with E-state index in [1.807, 2.05) is 46.0 Å². The molecule has 0 aliphatic heterocycles. The van der Waals surface area contributed by atoms with E-state index >= 15 is 0 Å². The number of nitrogens with zero attached hydrogens (tertiary/aromatic N) is 2. The first kappa shape index (κ1) is 37.3. The second-order valence-corrected chi connectivity index (χ2v) is 13.8. The summed E-state index contributed by atoms with van der Waals surface area (Å²) in [6, 6.07) is 27.3. The number of rotatable bonds is 10. The smallest absolute Gasteiger partial charge is 0.162 e. The van der Waals surface area contributed by atoms with Crippen molar-refractivity contribution < 1.29 is 34.6 Å². The van der Waals surface area contributed by atoms with E-state index in [2.05, 4.69) is 91.1 Å².